The molecule has 1 fully saturated rings. The van der Waals surface area contributed by atoms with Crippen LogP contribution in [0.5, 0.6) is 5.75 Å². The zero-order valence-electron chi connectivity index (χ0n) is 13.5. The average Bonchev–Trinajstić information content (AvgIpc) is 2.55. The third-order valence-corrected chi connectivity index (χ3v) is 4.57. The second kappa shape index (κ2) is 7.90. The molecule has 1 aliphatic rings. The van der Waals surface area contributed by atoms with Gasteiger partial charge in [-0.1, -0.05) is 6.07 Å². The van der Waals surface area contributed by atoms with Crippen LogP contribution in [0, 0.1) is 11.2 Å². The first kappa shape index (κ1) is 17.2. The van der Waals surface area contributed by atoms with Gasteiger partial charge in [-0.2, -0.15) is 0 Å². The summed E-state index contributed by atoms with van der Waals surface area (Å²) < 4.78 is 24.3. The number of hydrogen-bond acceptors (Lipinski definition) is 4. The molecule has 0 spiro atoms. The maximum Gasteiger partial charge on any atom is 0.131 e. The second-order valence-corrected chi connectivity index (χ2v) is 6.17. The molecule has 124 valence electrons. The average molecular weight is 311 g/mol. The van der Waals surface area contributed by atoms with Gasteiger partial charge < -0.3 is 14.6 Å². The quantitative estimate of drug-likeness (QED) is 0.840. The van der Waals surface area contributed by atoms with Gasteiger partial charge >= 0.3 is 0 Å². The summed E-state index contributed by atoms with van der Waals surface area (Å²) in [5.74, 6) is 0.293. The lowest BCUT2D eigenvalue weighted by atomic mass is 9.78. The molecular formula is C17H26FNO3. The standard InChI is InChI=1S/C17H26FNO3/c1-21-9-7-17(13-20)6-3-8-19(12-17)11-14-4-5-15(22-2)10-16(14)18/h4-5,10,20H,3,6-9,11-13H2,1-2H3/t17-/m1/s1. The minimum atomic E-state index is -0.239. The summed E-state index contributed by atoms with van der Waals surface area (Å²) in [5, 5.41) is 9.80. The molecule has 1 N–H and O–H groups in total. The lowest BCUT2D eigenvalue weighted by Gasteiger charge is -2.42. The van der Waals surface area contributed by atoms with Gasteiger partial charge in [0, 0.05) is 43.9 Å². The van der Waals surface area contributed by atoms with Crippen molar-refractivity contribution >= 4 is 0 Å². The van der Waals surface area contributed by atoms with E-state index in [0.717, 1.165) is 32.4 Å². The molecule has 1 saturated heterocycles. The van der Waals surface area contributed by atoms with E-state index in [4.69, 9.17) is 9.47 Å². The molecule has 2 rings (SSSR count). The molecule has 0 saturated carbocycles. The van der Waals surface area contributed by atoms with Gasteiger partial charge in [0.05, 0.1) is 13.7 Å². The Labute approximate surface area is 131 Å². The zero-order valence-corrected chi connectivity index (χ0v) is 13.5. The summed E-state index contributed by atoms with van der Waals surface area (Å²) in [6.45, 7) is 3.06. The molecule has 4 nitrogen and oxygen atoms in total. The van der Waals surface area contributed by atoms with Crippen molar-refractivity contribution in [3.8, 4) is 5.75 Å². The van der Waals surface area contributed by atoms with Crippen LogP contribution in [-0.2, 0) is 11.3 Å². The van der Waals surface area contributed by atoms with Gasteiger partial charge in [0.25, 0.3) is 0 Å². The van der Waals surface area contributed by atoms with E-state index in [1.165, 1.54) is 13.2 Å². The number of rotatable bonds is 7. The fourth-order valence-electron chi connectivity index (χ4n) is 3.20. The number of hydrogen-bond donors (Lipinski definition) is 1. The highest BCUT2D eigenvalue weighted by atomic mass is 19.1. The topological polar surface area (TPSA) is 41.9 Å². The molecule has 22 heavy (non-hydrogen) atoms. The van der Waals surface area contributed by atoms with Crippen LogP contribution in [0.1, 0.15) is 24.8 Å². The van der Waals surface area contributed by atoms with Gasteiger partial charge in [-0.3, -0.25) is 4.90 Å². The van der Waals surface area contributed by atoms with E-state index in [2.05, 4.69) is 4.90 Å². The van der Waals surface area contributed by atoms with Gasteiger partial charge in [0.15, 0.2) is 0 Å². The first-order valence-electron chi connectivity index (χ1n) is 7.77. The Hall–Kier alpha value is -1.17. The van der Waals surface area contributed by atoms with Crippen LogP contribution in [0.4, 0.5) is 4.39 Å². The highest BCUT2D eigenvalue weighted by Crippen LogP contribution is 2.34. The summed E-state index contributed by atoms with van der Waals surface area (Å²) in [4.78, 5) is 2.22. The van der Waals surface area contributed by atoms with Crippen LogP contribution < -0.4 is 4.74 Å². The number of piperidine rings is 1. The Bertz CT molecular complexity index is 483. The van der Waals surface area contributed by atoms with Crippen LogP contribution in [0.2, 0.25) is 0 Å². The maximum atomic E-state index is 14.1. The van der Waals surface area contributed by atoms with Crippen molar-refractivity contribution in [3.05, 3.63) is 29.6 Å². The van der Waals surface area contributed by atoms with E-state index in [0.29, 0.717) is 24.5 Å². The highest BCUT2D eigenvalue weighted by molar-refractivity contribution is 5.28. The zero-order chi connectivity index (χ0) is 16.0. The monoisotopic (exact) mass is 311 g/mol. The van der Waals surface area contributed by atoms with Crippen molar-refractivity contribution in [3.63, 3.8) is 0 Å². The third-order valence-electron chi connectivity index (χ3n) is 4.57. The molecule has 0 radical (unpaired) electrons. The fraction of sp³-hybridized carbons (Fsp3) is 0.647. The lowest BCUT2D eigenvalue weighted by Crippen LogP contribution is -2.45. The minimum Gasteiger partial charge on any atom is -0.497 e. The number of benzene rings is 1. The van der Waals surface area contributed by atoms with Crippen molar-refractivity contribution in [1.82, 2.24) is 4.90 Å². The molecule has 0 aromatic heterocycles. The van der Waals surface area contributed by atoms with Crippen LogP contribution in [0.25, 0.3) is 0 Å². The highest BCUT2D eigenvalue weighted by Gasteiger charge is 2.34. The predicted octanol–water partition coefficient (Wildman–Crippen LogP) is 2.45. The second-order valence-electron chi connectivity index (χ2n) is 6.17. The van der Waals surface area contributed by atoms with E-state index >= 15 is 0 Å². The Balaban J connectivity index is 2.03. The number of ether oxygens (including phenoxy) is 2. The fourth-order valence-corrected chi connectivity index (χ4v) is 3.20. The van der Waals surface area contributed by atoms with Crippen molar-refractivity contribution in [1.29, 1.82) is 0 Å². The van der Waals surface area contributed by atoms with E-state index in [1.807, 2.05) is 0 Å². The number of methoxy groups -OCH3 is 2. The van der Waals surface area contributed by atoms with E-state index < -0.39 is 0 Å². The Morgan fingerprint density at radius 3 is 2.82 bits per heavy atom. The molecule has 0 unspecified atom stereocenters. The molecular weight excluding hydrogens is 285 g/mol. The summed E-state index contributed by atoms with van der Waals surface area (Å²) >= 11 is 0. The molecule has 1 aliphatic heterocycles. The number of nitrogens with zero attached hydrogens (tertiary/aromatic N) is 1. The van der Waals surface area contributed by atoms with E-state index in [-0.39, 0.29) is 17.8 Å². The molecule has 0 bridgehead atoms. The minimum absolute atomic E-state index is 0.128. The summed E-state index contributed by atoms with van der Waals surface area (Å²) in [5.41, 5.74) is 0.540. The molecule has 1 aromatic carbocycles. The van der Waals surface area contributed by atoms with Crippen LogP contribution in [-0.4, -0.2) is 50.5 Å². The van der Waals surface area contributed by atoms with Crippen molar-refractivity contribution in [2.24, 2.45) is 5.41 Å². The number of halogens is 1. The first-order chi connectivity index (χ1) is 10.6. The summed E-state index contributed by atoms with van der Waals surface area (Å²) in [6, 6.07) is 4.98. The van der Waals surface area contributed by atoms with Gasteiger partial charge in [0.2, 0.25) is 0 Å². The van der Waals surface area contributed by atoms with E-state index in [1.54, 1.807) is 19.2 Å². The van der Waals surface area contributed by atoms with Crippen LogP contribution in [0.15, 0.2) is 18.2 Å². The summed E-state index contributed by atoms with van der Waals surface area (Å²) in [7, 11) is 3.21. The molecule has 1 aromatic rings. The van der Waals surface area contributed by atoms with Crippen molar-refractivity contribution < 1.29 is 19.0 Å². The Morgan fingerprint density at radius 1 is 1.36 bits per heavy atom. The summed E-state index contributed by atoms with van der Waals surface area (Å²) in [6.07, 6.45) is 2.85. The maximum absolute atomic E-state index is 14.1. The lowest BCUT2D eigenvalue weighted by molar-refractivity contribution is 0.00445. The number of likely N-dealkylation sites (tertiary alicyclic amines) is 1. The molecule has 1 atom stereocenters. The SMILES string of the molecule is COCC[C@]1(CO)CCCN(Cc2ccc(OC)cc2F)C1. The molecule has 0 aliphatic carbocycles. The van der Waals surface area contributed by atoms with Gasteiger partial charge in [-0.15, -0.1) is 0 Å². The normalized spacial score (nSPS) is 22.7. The Morgan fingerprint density at radius 2 is 2.18 bits per heavy atom. The number of aliphatic hydroxyl groups is 1. The molecule has 0 amide bonds. The van der Waals surface area contributed by atoms with Crippen molar-refractivity contribution in [2.45, 2.75) is 25.8 Å². The molecule has 5 heteroatoms. The molecule has 1 heterocycles. The van der Waals surface area contributed by atoms with Crippen LogP contribution >= 0.6 is 0 Å². The third kappa shape index (κ3) is 4.18. The van der Waals surface area contributed by atoms with Crippen molar-refractivity contribution in [2.75, 3.05) is 40.5 Å². The first-order valence-corrected chi connectivity index (χ1v) is 7.77. The van der Waals surface area contributed by atoms with Gasteiger partial charge in [-0.25, -0.2) is 4.39 Å². The van der Waals surface area contributed by atoms with Gasteiger partial charge in [0.1, 0.15) is 11.6 Å². The number of aliphatic hydroxyl groups excluding tert-OH is 1. The smallest absolute Gasteiger partial charge is 0.131 e. The largest absolute Gasteiger partial charge is 0.497 e. The Kier molecular flexibility index (Phi) is 6.17. The van der Waals surface area contributed by atoms with Gasteiger partial charge in [-0.05, 0) is 31.9 Å². The van der Waals surface area contributed by atoms with E-state index in [9.17, 15) is 9.50 Å². The predicted molar refractivity (Wildman–Crippen MR) is 83.5 cm³/mol. The van der Waals surface area contributed by atoms with Crippen LogP contribution in [0.3, 0.4) is 0 Å².